The lowest BCUT2D eigenvalue weighted by Gasteiger charge is -2.22. The Morgan fingerprint density at radius 3 is 3.17 bits per heavy atom. The Labute approximate surface area is 110 Å². The molecule has 1 aliphatic rings. The first kappa shape index (κ1) is 13.3. The molecule has 0 saturated carbocycles. The van der Waals surface area contributed by atoms with E-state index in [1.54, 1.807) is 6.33 Å². The lowest BCUT2D eigenvalue weighted by Crippen LogP contribution is -2.30. The number of nitrogens with zero attached hydrogens (tertiary/aromatic N) is 2. The van der Waals surface area contributed by atoms with Crippen LogP contribution in [0.25, 0.3) is 0 Å². The highest BCUT2D eigenvalue weighted by atomic mass is 15.0. The van der Waals surface area contributed by atoms with Crippen LogP contribution in [0.4, 0.5) is 5.82 Å². The number of rotatable bonds is 6. The number of piperidine rings is 1. The smallest absolute Gasteiger partial charge is 0.129 e. The van der Waals surface area contributed by atoms with Gasteiger partial charge in [-0.25, -0.2) is 9.97 Å². The number of anilines is 1. The van der Waals surface area contributed by atoms with Gasteiger partial charge in [0.25, 0.3) is 0 Å². The predicted molar refractivity (Wildman–Crippen MR) is 74.7 cm³/mol. The minimum atomic E-state index is 0.822. The summed E-state index contributed by atoms with van der Waals surface area (Å²) in [7, 11) is 0. The van der Waals surface area contributed by atoms with Gasteiger partial charge < -0.3 is 10.6 Å². The van der Waals surface area contributed by atoms with Crippen LogP contribution in [0.3, 0.4) is 0 Å². The highest BCUT2D eigenvalue weighted by molar-refractivity contribution is 5.34. The predicted octanol–water partition coefficient (Wildman–Crippen LogP) is 2.23. The fourth-order valence-electron chi connectivity index (χ4n) is 2.46. The molecule has 2 rings (SSSR count). The second-order valence-electron chi connectivity index (χ2n) is 5.07. The average molecular weight is 248 g/mol. The fourth-order valence-corrected chi connectivity index (χ4v) is 2.46. The molecule has 1 atom stereocenters. The summed E-state index contributed by atoms with van der Waals surface area (Å²) in [6, 6.07) is 2.07. The van der Waals surface area contributed by atoms with E-state index >= 15 is 0 Å². The number of aromatic nitrogens is 2. The first-order valence-electron chi connectivity index (χ1n) is 7.14. The summed E-state index contributed by atoms with van der Waals surface area (Å²) in [5, 5.41) is 6.87. The monoisotopic (exact) mass is 248 g/mol. The molecule has 4 heteroatoms. The molecule has 1 aliphatic heterocycles. The van der Waals surface area contributed by atoms with Crippen molar-refractivity contribution in [1.29, 1.82) is 0 Å². The summed E-state index contributed by atoms with van der Waals surface area (Å²) in [6.07, 6.45) is 7.72. The first-order chi connectivity index (χ1) is 8.88. The number of nitrogens with one attached hydrogen (secondary N) is 2. The number of aryl methyl sites for hydroxylation is 1. The molecular weight excluding hydrogens is 224 g/mol. The van der Waals surface area contributed by atoms with Crippen molar-refractivity contribution in [2.75, 3.05) is 25.0 Å². The SMILES string of the molecule is CCCc1cc(NCCC2CCCNC2)ncn1. The maximum atomic E-state index is 4.27. The van der Waals surface area contributed by atoms with E-state index in [9.17, 15) is 0 Å². The minimum Gasteiger partial charge on any atom is -0.370 e. The van der Waals surface area contributed by atoms with E-state index in [1.165, 1.54) is 32.4 Å². The van der Waals surface area contributed by atoms with Crippen molar-refractivity contribution in [3.8, 4) is 0 Å². The molecule has 4 nitrogen and oxygen atoms in total. The lowest BCUT2D eigenvalue weighted by molar-refractivity contribution is 0.364. The van der Waals surface area contributed by atoms with Crippen molar-refractivity contribution in [1.82, 2.24) is 15.3 Å². The van der Waals surface area contributed by atoms with Gasteiger partial charge in [-0.3, -0.25) is 0 Å². The van der Waals surface area contributed by atoms with Crippen LogP contribution in [0.1, 0.15) is 38.3 Å². The Morgan fingerprint density at radius 1 is 1.44 bits per heavy atom. The van der Waals surface area contributed by atoms with Crippen LogP contribution in [0, 0.1) is 5.92 Å². The standard InChI is InChI=1S/C14H24N4/c1-2-4-13-9-14(18-11-17-13)16-8-6-12-5-3-7-15-10-12/h9,11-12,15H,2-8,10H2,1H3,(H,16,17,18). The molecule has 0 amide bonds. The Hall–Kier alpha value is -1.16. The molecule has 0 radical (unpaired) electrons. The van der Waals surface area contributed by atoms with Crippen molar-refractivity contribution in [2.45, 2.75) is 39.0 Å². The number of hydrogen-bond acceptors (Lipinski definition) is 4. The summed E-state index contributed by atoms with van der Waals surface area (Å²) >= 11 is 0. The molecule has 2 N–H and O–H groups in total. The van der Waals surface area contributed by atoms with Gasteiger partial charge in [0, 0.05) is 18.3 Å². The van der Waals surface area contributed by atoms with Gasteiger partial charge in [-0.05, 0) is 44.7 Å². The second-order valence-corrected chi connectivity index (χ2v) is 5.07. The van der Waals surface area contributed by atoms with E-state index in [1.807, 2.05) is 0 Å². The van der Waals surface area contributed by atoms with Gasteiger partial charge in [-0.15, -0.1) is 0 Å². The Morgan fingerprint density at radius 2 is 2.39 bits per heavy atom. The van der Waals surface area contributed by atoms with Gasteiger partial charge in [0.15, 0.2) is 0 Å². The van der Waals surface area contributed by atoms with Crippen molar-refractivity contribution >= 4 is 5.82 Å². The van der Waals surface area contributed by atoms with E-state index in [-0.39, 0.29) is 0 Å². The van der Waals surface area contributed by atoms with Crippen LogP contribution in [0.15, 0.2) is 12.4 Å². The van der Waals surface area contributed by atoms with E-state index in [0.29, 0.717) is 0 Å². The zero-order valence-electron chi connectivity index (χ0n) is 11.3. The van der Waals surface area contributed by atoms with Crippen LogP contribution in [0.2, 0.25) is 0 Å². The van der Waals surface area contributed by atoms with Gasteiger partial charge >= 0.3 is 0 Å². The maximum absolute atomic E-state index is 4.27. The molecule has 1 saturated heterocycles. The first-order valence-corrected chi connectivity index (χ1v) is 7.14. The normalized spacial score (nSPS) is 19.7. The average Bonchev–Trinajstić information content (AvgIpc) is 2.41. The summed E-state index contributed by atoms with van der Waals surface area (Å²) in [5.41, 5.74) is 1.13. The molecule has 0 aromatic carbocycles. The summed E-state index contributed by atoms with van der Waals surface area (Å²) in [6.45, 7) is 5.54. The van der Waals surface area contributed by atoms with Crippen molar-refractivity contribution < 1.29 is 0 Å². The molecule has 0 spiro atoms. The molecule has 1 aromatic heterocycles. The van der Waals surface area contributed by atoms with E-state index in [0.717, 1.165) is 36.8 Å². The third kappa shape index (κ3) is 4.26. The summed E-state index contributed by atoms with van der Waals surface area (Å²) in [4.78, 5) is 8.53. The largest absolute Gasteiger partial charge is 0.370 e. The van der Waals surface area contributed by atoms with Crippen LogP contribution in [0.5, 0.6) is 0 Å². The minimum absolute atomic E-state index is 0.822. The van der Waals surface area contributed by atoms with Crippen molar-refractivity contribution in [2.24, 2.45) is 5.92 Å². The Kier molecular flexibility index (Phi) is 5.39. The van der Waals surface area contributed by atoms with E-state index < -0.39 is 0 Å². The van der Waals surface area contributed by atoms with Crippen LogP contribution in [-0.4, -0.2) is 29.6 Å². The molecule has 1 unspecified atom stereocenters. The van der Waals surface area contributed by atoms with E-state index in [2.05, 4.69) is 33.6 Å². The van der Waals surface area contributed by atoms with Gasteiger partial charge in [0.1, 0.15) is 12.1 Å². The van der Waals surface area contributed by atoms with Crippen LogP contribution < -0.4 is 10.6 Å². The van der Waals surface area contributed by atoms with Crippen LogP contribution >= 0.6 is 0 Å². The molecule has 0 aliphatic carbocycles. The van der Waals surface area contributed by atoms with Crippen LogP contribution in [-0.2, 0) is 6.42 Å². The molecule has 18 heavy (non-hydrogen) atoms. The highest BCUT2D eigenvalue weighted by Crippen LogP contribution is 2.14. The lowest BCUT2D eigenvalue weighted by atomic mass is 9.96. The molecule has 100 valence electrons. The molecule has 0 bridgehead atoms. The quantitative estimate of drug-likeness (QED) is 0.810. The highest BCUT2D eigenvalue weighted by Gasteiger charge is 2.12. The van der Waals surface area contributed by atoms with Gasteiger partial charge in [-0.2, -0.15) is 0 Å². The molecule has 1 aromatic rings. The third-order valence-electron chi connectivity index (χ3n) is 3.49. The maximum Gasteiger partial charge on any atom is 0.129 e. The molecule has 2 heterocycles. The van der Waals surface area contributed by atoms with Crippen molar-refractivity contribution in [3.63, 3.8) is 0 Å². The fraction of sp³-hybridized carbons (Fsp3) is 0.714. The van der Waals surface area contributed by atoms with E-state index in [4.69, 9.17) is 0 Å². The molecular formula is C14H24N4. The number of hydrogen-bond donors (Lipinski definition) is 2. The van der Waals surface area contributed by atoms with Gasteiger partial charge in [0.05, 0.1) is 0 Å². The molecule has 1 fully saturated rings. The zero-order valence-corrected chi connectivity index (χ0v) is 11.3. The summed E-state index contributed by atoms with van der Waals surface area (Å²) < 4.78 is 0. The van der Waals surface area contributed by atoms with Gasteiger partial charge in [-0.1, -0.05) is 13.3 Å². The van der Waals surface area contributed by atoms with Gasteiger partial charge in [0.2, 0.25) is 0 Å². The second kappa shape index (κ2) is 7.31. The van der Waals surface area contributed by atoms with Crippen molar-refractivity contribution in [3.05, 3.63) is 18.1 Å². The topological polar surface area (TPSA) is 49.8 Å². The Balaban J connectivity index is 1.73. The summed E-state index contributed by atoms with van der Waals surface area (Å²) in [5.74, 6) is 1.79. The zero-order chi connectivity index (χ0) is 12.6. The third-order valence-corrected chi connectivity index (χ3v) is 3.49. The Bertz CT molecular complexity index is 347.